The van der Waals surface area contributed by atoms with Crippen LogP contribution in [0.3, 0.4) is 0 Å². The quantitative estimate of drug-likeness (QED) is 0.343. The van der Waals surface area contributed by atoms with Crippen molar-refractivity contribution in [3.8, 4) is 11.4 Å². The third kappa shape index (κ3) is 4.54. The van der Waals surface area contributed by atoms with Gasteiger partial charge < -0.3 is 4.43 Å². The molecule has 0 amide bonds. The second-order valence-corrected chi connectivity index (χ2v) is 13.9. The molecule has 138 valence electrons. The number of rotatable bonds is 9. The summed E-state index contributed by atoms with van der Waals surface area (Å²) in [7, 11) is -1.77. The number of nitrogens with zero attached hydrogens (tertiary/aromatic N) is 2. The Morgan fingerprint density at radius 2 is 1.68 bits per heavy atom. The Kier molecular flexibility index (Phi) is 7.28. The van der Waals surface area contributed by atoms with E-state index < -0.39 is 8.32 Å². The lowest BCUT2D eigenvalue weighted by atomic mass is 10.2. The Labute approximate surface area is 157 Å². The number of thioether (sulfide) groups is 1. The molecule has 1 N–H and O–H groups in total. The maximum Gasteiger partial charge on any atom is 0.200 e. The minimum atomic E-state index is -1.77. The monoisotopic (exact) mass is 377 g/mol. The van der Waals surface area contributed by atoms with Crippen LogP contribution in [0, 0.1) is 0 Å². The lowest BCUT2D eigenvalue weighted by molar-refractivity contribution is 0.300. The van der Waals surface area contributed by atoms with E-state index >= 15 is 0 Å². The summed E-state index contributed by atoms with van der Waals surface area (Å²) in [6.07, 6.45) is 1.55. The summed E-state index contributed by atoms with van der Waals surface area (Å²) < 4.78 is 6.65. The van der Waals surface area contributed by atoms with Crippen LogP contribution in [0.25, 0.3) is 11.4 Å². The van der Waals surface area contributed by atoms with Crippen LogP contribution in [0.2, 0.25) is 16.6 Å². The number of hydrogen-bond acceptors (Lipinski definition) is 4. The molecule has 0 fully saturated rings. The minimum Gasteiger partial charge on any atom is -0.415 e. The fourth-order valence-corrected chi connectivity index (χ4v) is 10.5. The van der Waals surface area contributed by atoms with Crippen molar-refractivity contribution in [2.45, 2.75) is 63.1 Å². The van der Waals surface area contributed by atoms with Gasteiger partial charge in [0.25, 0.3) is 0 Å². The van der Waals surface area contributed by atoms with Crippen LogP contribution in [-0.2, 0) is 4.43 Å². The first kappa shape index (κ1) is 20.2. The van der Waals surface area contributed by atoms with E-state index in [9.17, 15) is 0 Å². The number of hydrogen-bond donors (Lipinski definition) is 1. The van der Waals surface area contributed by atoms with Gasteiger partial charge in [-0.2, -0.15) is 5.10 Å². The van der Waals surface area contributed by atoms with Crippen molar-refractivity contribution < 1.29 is 4.43 Å². The van der Waals surface area contributed by atoms with Crippen LogP contribution in [0.4, 0.5) is 0 Å². The van der Waals surface area contributed by atoms with Gasteiger partial charge in [-0.15, -0.1) is 11.8 Å². The predicted octanol–water partition coefficient (Wildman–Crippen LogP) is 5.76. The zero-order valence-corrected chi connectivity index (χ0v) is 18.1. The van der Waals surface area contributed by atoms with Crippen molar-refractivity contribution in [1.82, 2.24) is 15.2 Å². The van der Waals surface area contributed by atoms with Gasteiger partial charge in [0.2, 0.25) is 0 Å². The summed E-state index contributed by atoms with van der Waals surface area (Å²) in [5.41, 5.74) is 2.97. The fraction of sp³-hybridized carbons (Fsp3) is 0.579. The molecule has 0 bridgehead atoms. The normalized spacial score (nSPS) is 12.5. The molecule has 1 aromatic carbocycles. The van der Waals surface area contributed by atoms with E-state index in [4.69, 9.17) is 4.43 Å². The molecule has 1 aromatic heterocycles. The minimum absolute atomic E-state index is 0.624. The molecular weight excluding hydrogens is 346 g/mol. The molecule has 1 heterocycles. The van der Waals surface area contributed by atoms with Crippen LogP contribution in [-0.4, -0.2) is 35.9 Å². The van der Waals surface area contributed by atoms with Crippen molar-refractivity contribution in [2.24, 2.45) is 0 Å². The maximum atomic E-state index is 6.65. The van der Waals surface area contributed by atoms with Gasteiger partial charge in [0, 0.05) is 22.8 Å². The molecule has 0 atom stereocenters. The maximum absolute atomic E-state index is 6.65. The largest absolute Gasteiger partial charge is 0.415 e. The SMILES string of the molecule is CC(C)[Si](OCCSc1ccccc1-c1ncn[nH]1)(C(C)C)C(C)C. The molecule has 25 heavy (non-hydrogen) atoms. The Morgan fingerprint density at radius 1 is 1.04 bits per heavy atom. The molecule has 0 aliphatic heterocycles. The van der Waals surface area contributed by atoms with Crippen molar-refractivity contribution in [1.29, 1.82) is 0 Å². The highest BCUT2D eigenvalue weighted by molar-refractivity contribution is 7.99. The smallest absolute Gasteiger partial charge is 0.200 e. The topological polar surface area (TPSA) is 50.8 Å². The van der Waals surface area contributed by atoms with Crippen molar-refractivity contribution >= 4 is 20.1 Å². The van der Waals surface area contributed by atoms with Crippen LogP contribution in [0.15, 0.2) is 35.5 Å². The third-order valence-corrected chi connectivity index (χ3v) is 12.1. The molecule has 0 unspecified atom stereocenters. The second-order valence-electron chi connectivity index (χ2n) is 7.34. The predicted molar refractivity (Wildman–Crippen MR) is 110 cm³/mol. The van der Waals surface area contributed by atoms with Gasteiger partial charge in [0.1, 0.15) is 6.33 Å². The number of nitrogens with one attached hydrogen (secondary N) is 1. The van der Waals surface area contributed by atoms with Gasteiger partial charge in [-0.1, -0.05) is 59.7 Å². The van der Waals surface area contributed by atoms with E-state index in [1.54, 1.807) is 6.33 Å². The van der Waals surface area contributed by atoms with Crippen LogP contribution in [0.1, 0.15) is 41.5 Å². The zero-order chi connectivity index (χ0) is 18.4. The lowest BCUT2D eigenvalue weighted by Crippen LogP contribution is -2.48. The highest BCUT2D eigenvalue weighted by Gasteiger charge is 2.44. The van der Waals surface area contributed by atoms with Gasteiger partial charge in [-0.05, 0) is 22.7 Å². The van der Waals surface area contributed by atoms with Crippen molar-refractivity contribution in [2.75, 3.05) is 12.4 Å². The van der Waals surface area contributed by atoms with Gasteiger partial charge in [0.05, 0.1) is 0 Å². The Hall–Kier alpha value is -1.11. The molecule has 0 aliphatic carbocycles. The average Bonchev–Trinajstić information content (AvgIpc) is 3.08. The standard InChI is InChI=1S/C19H31N3OSSi/c1-14(2)25(15(3)4,16(5)6)23-11-12-24-18-10-8-7-9-17(18)19-20-13-21-22-19/h7-10,13-16H,11-12H2,1-6H3,(H,20,21,22). The molecule has 0 saturated heterocycles. The van der Waals surface area contributed by atoms with Crippen LogP contribution in [0.5, 0.6) is 0 Å². The molecule has 2 aromatic rings. The van der Waals surface area contributed by atoms with E-state index in [-0.39, 0.29) is 0 Å². The Morgan fingerprint density at radius 3 is 2.24 bits per heavy atom. The number of aromatic amines is 1. The highest BCUT2D eigenvalue weighted by atomic mass is 32.2. The second kappa shape index (κ2) is 9.01. The first-order valence-electron chi connectivity index (χ1n) is 9.11. The zero-order valence-electron chi connectivity index (χ0n) is 16.2. The molecule has 0 radical (unpaired) electrons. The Bertz CT molecular complexity index is 622. The highest BCUT2D eigenvalue weighted by Crippen LogP contribution is 2.42. The molecule has 4 nitrogen and oxygen atoms in total. The molecule has 0 saturated carbocycles. The number of benzene rings is 1. The lowest BCUT2D eigenvalue weighted by Gasteiger charge is -2.42. The summed E-state index contributed by atoms with van der Waals surface area (Å²) in [5, 5.41) is 6.92. The van der Waals surface area contributed by atoms with Gasteiger partial charge >= 0.3 is 0 Å². The fourth-order valence-electron chi connectivity index (χ4n) is 3.99. The van der Waals surface area contributed by atoms with E-state index in [1.807, 2.05) is 17.8 Å². The summed E-state index contributed by atoms with van der Waals surface area (Å²) in [6.45, 7) is 14.8. The Balaban J connectivity index is 2.02. The van der Waals surface area contributed by atoms with Gasteiger partial charge in [-0.3, -0.25) is 5.10 Å². The number of H-pyrrole nitrogens is 1. The summed E-state index contributed by atoms with van der Waals surface area (Å²) in [5.74, 6) is 1.77. The molecule has 0 spiro atoms. The molecule has 2 rings (SSSR count). The van der Waals surface area contributed by atoms with E-state index in [0.29, 0.717) is 16.6 Å². The first-order chi connectivity index (χ1) is 11.9. The van der Waals surface area contributed by atoms with Gasteiger partial charge in [-0.25, -0.2) is 4.98 Å². The molecular formula is C19H31N3OSSi. The van der Waals surface area contributed by atoms with E-state index in [0.717, 1.165) is 23.7 Å². The van der Waals surface area contributed by atoms with Crippen LogP contribution < -0.4 is 0 Å². The van der Waals surface area contributed by atoms with Crippen molar-refractivity contribution in [3.63, 3.8) is 0 Å². The van der Waals surface area contributed by atoms with Gasteiger partial charge in [0.15, 0.2) is 14.1 Å². The van der Waals surface area contributed by atoms with Crippen LogP contribution >= 0.6 is 11.8 Å². The first-order valence-corrected chi connectivity index (χ1v) is 12.2. The average molecular weight is 378 g/mol. The summed E-state index contributed by atoms with van der Waals surface area (Å²) >= 11 is 1.83. The van der Waals surface area contributed by atoms with E-state index in [1.165, 1.54) is 4.90 Å². The summed E-state index contributed by atoms with van der Waals surface area (Å²) in [6, 6.07) is 8.32. The van der Waals surface area contributed by atoms with Crippen molar-refractivity contribution in [3.05, 3.63) is 30.6 Å². The molecule has 0 aliphatic rings. The molecule has 6 heteroatoms. The summed E-state index contributed by atoms with van der Waals surface area (Å²) in [4.78, 5) is 5.50. The van der Waals surface area contributed by atoms with E-state index in [2.05, 4.69) is 74.9 Å². The third-order valence-electron chi connectivity index (χ3n) is 4.96. The number of aromatic nitrogens is 3.